The third-order valence-corrected chi connectivity index (χ3v) is 3.79. The molecule has 1 aliphatic heterocycles. The number of nitrogens with zero attached hydrogens (tertiary/aromatic N) is 1. The van der Waals surface area contributed by atoms with Gasteiger partial charge in [0.15, 0.2) is 0 Å². The summed E-state index contributed by atoms with van der Waals surface area (Å²) in [4.78, 5) is 0. The second-order valence-electron chi connectivity index (χ2n) is 4.85. The average Bonchev–Trinajstić information content (AvgIpc) is 2.77. The van der Waals surface area contributed by atoms with Crippen LogP contribution in [-0.2, 0) is 0 Å². The zero-order valence-corrected chi connectivity index (χ0v) is 9.01. The smallest absolute Gasteiger partial charge is 0.0450 e. The standard InChI is InChI=1S/C11H21FN2/c1-9-6-7-13-11(9)8-14(12)10-4-2-3-5-10/h9-11,13H,2-8H2,1H3. The first-order valence-corrected chi connectivity index (χ1v) is 5.93. The molecule has 82 valence electrons. The summed E-state index contributed by atoms with van der Waals surface area (Å²) in [6, 6.07) is 0.588. The van der Waals surface area contributed by atoms with Gasteiger partial charge in [-0.1, -0.05) is 19.8 Å². The molecule has 0 amide bonds. The average molecular weight is 200 g/mol. The predicted octanol–water partition coefficient (Wildman–Crippen LogP) is 2.11. The zero-order chi connectivity index (χ0) is 9.97. The molecule has 0 aromatic rings. The highest BCUT2D eigenvalue weighted by Gasteiger charge is 2.29. The van der Waals surface area contributed by atoms with Gasteiger partial charge in [0.2, 0.25) is 0 Å². The largest absolute Gasteiger partial charge is 0.312 e. The van der Waals surface area contributed by atoms with Crippen LogP contribution in [0.5, 0.6) is 0 Å². The van der Waals surface area contributed by atoms with Crippen LogP contribution in [0.15, 0.2) is 0 Å². The number of rotatable bonds is 3. The molecule has 0 spiro atoms. The summed E-state index contributed by atoms with van der Waals surface area (Å²) in [5.74, 6) is 0.634. The molecular weight excluding hydrogens is 179 g/mol. The maximum absolute atomic E-state index is 13.7. The highest BCUT2D eigenvalue weighted by Crippen LogP contribution is 2.25. The molecule has 1 aliphatic carbocycles. The summed E-state index contributed by atoms with van der Waals surface area (Å²) in [5, 5.41) is 4.47. The Bertz CT molecular complexity index is 180. The van der Waals surface area contributed by atoms with Gasteiger partial charge in [0.25, 0.3) is 0 Å². The molecule has 0 aromatic heterocycles. The van der Waals surface area contributed by atoms with Crippen LogP contribution in [-0.4, -0.2) is 30.3 Å². The van der Waals surface area contributed by atoms with E-state index >= 15 is 0 Å². The van der Waals surface area contributed by atoms with Gasteiger partial charge in [-0.05, 0) is 31.7 Å². The van der Waals surface area contributed by atoms with Crippen molar-refractivity contribution in [3.05, 3.63) is 0 Å². The van der Waals surface area contributed by atoms with Crippen LogP contribution < -0.4 is 5.32 Å². The lowest BCUT2D eigenvalue weighted by Crippen LogP contribution is -2.40. The van der Waals surface area contributed by atoms with E-state index in [4.69, 9.17) is 0 Å². The fraction of sp³-hybridized carbons (Fsp3) is 1.00. The molecule has 2 fully saturated rings. The number of hydrogen-bond acceptors (Lipinski definition) is 2. The van der Waals surface area contributed by atoms with Crippen LogP contribution in [0.1, 0.15) is 39.0 Å². The van der Waals surface area contributed by atoms with Crippen molar-refractivity contribution >= 4 is 0 Å². The van der Waals surface area contributed by atoms with Gasteiger partial charge in [-0.15, -0.1) is 9.60 Å². The first kappa shape index (κ1) is 10.4. The van der Waals surface area contributed by atoms with Crippen molar-refractivity contribution < 1.29 is 4.48 Å². The summed E-state index contributed by atoms with van der Waals surface area (Å²) in [7, 11) is 0. The third-order valence-electron chi connectivity index (χ3n) is 3.79. The van der Waals surface area contributed by atoms with E-state index in [0.717, 1.165) is 24.5 Å². The van der Waals surface area contributed by atoms with Crippen LogP contribution in [0.2, 0.25) is 0 Å². The van der Waals surface area contributed by atoms with E-state index in [1.807, 2.05) is 0 Å². The van der Waals surface area contributed by atoms with Gasteiger partial charge in [-0.25, -0.2) is 0 Å². The van der Waals surface area contributed by atoms with Crippen molar-refractivity contribution in [1.29, 1.82) is 0 Å². The summed E-state index contributed by atoms with van der Waals surface area (Å²) in [6.07, 6.45) is 5.72. The molecule has 0 bridgehead atoms. The van der Waals surface area contributed by atoms with Crippen molar-refractivity contribution in [2.75, 3.05) is 13.1 Å². The van der Waals surface area contributed by atoms with Gasteiger partial charge in [0.1, 0.15) is 0 Å². The van der Waals surface area contributed by atoms with Crippen molar-refractivity contribution in [3.63, 3.8) is 0 Å². The van der Waals surface area contributed by atoms with Crippen LogP contribution in [0.25, 0.3) is 0 Å². The fourth-order valence-corrected chi connectivity index (χ4v) is 2.66. The second kappa shape index (κ2) is 4.58. The Morgan fingerprint density at radius 3 is 2.57 bits per heavy atom. The van der Waals surface area contributed by atoms with Crippen LogP contribution in [0, 0.1) is 5.92 Å². The van der Waals surface area contributed by atoms with E-state index in [1.165, 1.54) is 19.3 Å². The molecule has 1 saturated carbocycles. The Balaban J connectivity index is 1.78. The van der Waals surface area contributed by atoms with Gasteiger partial charge in [0, 0.05) is 18.6 Å². The highest BCUT2D eigenvalue weighted by atomic mass is 19.2. The Hall–Kier alpha value is -0.150. The Kier molecular flexibility index (Phi) is 3.39. The number of halogens is 1. The van der Waals surface area contributed by atoms with E-state index in [9.17, 15) is 4.48 Å². The summed E-state index contributed by atoms with van der Waals surface area (Å²) in [6.45, 7) is 3.86. The van der Waals surface area contributed by atoms with E-state index < -0.39 is 0 Å². The maximum Gasteiger partial charge on any atom is 0.0450 e. The van der Waals surface area contributed by atoms with E-state index in [1.54, 1.807) is 0 Å². The molecule has 2 nitrogen and oxygen atoms in total. The van der Waals surface area contributed by atoms with Crippen molar-refractivity contribution in [2.45, 2.75) is 51.1 Å². The van der Waals surface area contributed by atoms with E-state index in [-0.39, 0.29) is 6.04 Å². The molecule has 0 aromatic carbocycles. The minimum absolute atomic E-state index is 0.213. The van der Waals surface area contributed by atoms with Gasteiger partial charge in [-0.2, -0.15) is 0 Å². The van der Waals surface area contributed by atoms with Crippen LogP contribution >= 0.6 is 0 Å². The fourth-order valence-electron chi connectivity index (χ4n) is 2.66. The van der Waals surface area contributed by atoms with Gasteiger partial charge < -0.3 is 5.32 Å². The van der Waals surface area contributed by atoms with Crippen molar-refractivity contribution in [1.82, 2.24) is 10.4 Å². The van der Waals surface area contributed by atoms with Gasteiger partial charge in [0.05, 0.1) is 0 Å². The molecular formula is C11H21FN2. The Labute approximate surface area is 85.8 Å². The summed E-state index contributed by atoms with van der Waals surface area (Å²) < 4.78 is 13.7. The SMILES string of the molecule is CC1CCNC1CN(F)C1CCCC1. The molecule has 1 saturated heterocycles. The molecule has 14 heavy (non-hydrogen) atoms. The molecule has 2 atom stereocenters. The first-order chi connectivity index (χ1) is 6.77. The first-order valence-electron chi connectivity index (χ1n) is 5.93. The third kappa shape index (κ3) is 2.26. The Morgan fingerprint density at radius 1 is 1.29 bits per heavy atom. The predicted molar refractivity (Wildman–Crippen MR) is 55.6 cm³/mol. The minimum Gasteiger partial charge on any atom is -0.312 e. The molecule has 1 N–H and O–H groups in total. The quantitative estimate of drug-likeness (QED) is 0.702. The number of nitrogens with one attached hydrogen (secondary N) is 1. The van der Waals surface area contributed by atoms with Crippen LogP contribution in [0.3, 0.4) is 0 Å². The highest BCUT2D eigenvalue weighted by molar-refractivity contribution is 4.84. The lowest BCUT2D eigenvalue weighted by molar-refractivity contribution is -0.0293. The van der Waals surface area contributed by atoms with E-state index in [2.05, 4.69) is 12.2 Å². The monoisotopic (exact) mass is 200 g/mol. The van der Waals surface area contributed by atoms with Gasteiger partial charge >= 0.3 is 0 Å². The summed E-state index contributed by atoms with van der Waals surface area (Å²) >= 11 is 0. The second-order valence-corrected chi connectivity index (χ2v) is 4.85. The lowest BCUT2D eigenvalue weighted by atomic mass is 10.0. The van der Waals surface area contributed by atoms with Crippen LogP contribution in [0.4, 0.5) is 4.48 Å². The van der Waals surface area contributed by atoms with Gasteiger partial charge in [-0.3, -0.25) is 0 Å². The lowest BCUT2D eigenvalue weighted by Gasteiger charge is -2.24. The number of hydrogen-bond donors (Lipinski definition) is 1. The summed E-state index contributed by atoms with van der Waals surface area (Å²) in [5.41, 5.74) is 0. The molecule has 3 heteroatoms. The molecule has 2 aliphatic rings. The Morgan fingerprint density at radius 2 is 2.00 bits per heavy atom. The molecule has 2 unspecified atom stereocenters. The minimum atomic E-state index is 0.213. The molecule has 2 rings (SSSR count). The normalized spacial score (nSPS) is 34.5. The zero-order valence-electron chi connectivity index (χ0n) is 9.01. The van der Waals surface area contributed by atoms with E-state index in [0.29, 0.717) is 18.5 Å². The van der Waals surface area contributed by atoms with Crippen molar-refractivity contribution in [2.24, 2.45) is 5.92 Å². The topological polar surface area (TPSA) is 15.3 Å². The molecule has 0 radical (unpaired) electrons. The van der Waals surface area contributed by atoms with Crippen molar-refractivity contribution in [3.8, 4) is 0 Å². The maximum atomic E-state index is 13.7. The molecule has 1 heterocycles.